The summed E-state index contributed by atoms with van der Waals surface area (Å²) in [5.41, 5.74) is 5.12. The lowest BCUT2D eigenvalue weighted by molar-refractivity contribution is 0.209. The number of likely N-dealkylation sites (tertiary alicyclic amines) is 1. The van der Waals surface area contributed by atoms with Crippen LogP contribution < -0.4 is 11.1 Å². The van der Waals surface area contributed by atoms with Crippen molar-refractivity contribution in [3.63, 3.8) is 0 Å². The molecule has 2 aliphatic rings. The Morgan fingerprint density at radius 2 is 1.29 bits per heavy atom. The Balaban J connectivity index is 0.000000181. The summed E-state index contributed by atoms with van der Waals surface area (Å²) in [6.45, 7) is 4.21. The highest BCUT2D eigenvalue weighted by atomic mass is 16.2. The summed E-state index contributed by atoms with van der Waals surface area (Å²) in [5.74, 6) is 0. The van der Waals surface area contributed by atoms with Crippen LogP contribution in [0.3, 0.4) is 0 Å². The first-order valence-corrected chi connectivity index (χ1v) is 7.06. The number of urea groups is 1. The van der Waals surface area contributed by atoms with Crippen molar-refractivity contribution in [2.45, 2.75) is 51.4 Å². The van der Waals surface area contributed by atoms with Crippen LogP contribution in [0.2, 0.25) is 0 Å². The minimum absolute atomic E-state index is 0.262. The third-order valence-electron chi connectivity index (χ3n) is 3.37. The summed E-state index contributed by atoms with van der Waals surface area (Å²) >= 11 is 0. The van der Waals surface area contributed by atoms with E-state index >= 15 is 0 Å². The van der Waals surface area contributed by atoms with Gasteiger partial charge in [-0.2, -0.15) is 0 Å². The molecule has 2 saturated heterocycles. The molecule has 2 amide bonds. The lowest BCUT2D eigenvalue weighted by Gasteiger charge is -2.16. The summed E-state index contributed by atoms with van der Waals surface area (Å²) in [6, 6.07) is -0.262. The molecular formula is C13H27N3O. The lowest BCUT2D eigenvalue weighted by Crippen LogP contribution is -2.36. The Morgan fingerprint density at radius 1 is 0.824 bits per heavy atom. The highest BCUT2D eigenvalue weighted by molar-refractivity contribution is 5.71. The zero-order valence-corrected chi connectivity index (χ0v) is 10.9. The van der Waals surface area contributed by atoms with Crippen LogP contribution in [-0.2, 0) is 0 Å². The van der Waals surface area contributed by atoms with E-state index in [-0.39, 0.29) is 6.03 Å². The van der Waals surface area contributed by atoms with Gasteiger partial charge in [0.1, 0.15) is 0 Å². The van der Waals surface area contributed by atoms with Gasteiger partial charge in [-0.25, -0.2) is 4.79 Å². The molecule has 0 aliphatic carbocycles. The van der Waals surface area contributed by atoms with E-state index in [1.807, 2.05) is 0 Å². The Kier molecular flexibility index (Phi) is 7.80. The average Bonchev–Trinajstić information content (AvgIpc) is 2.77. The Labute approximate surface area is 105 Å². The minimum atomic E-state index is -0.262. The van der Waals surface area contributed by atoms with Crippen molar-refractivity contribution < 1.29 is 4.79 Å². The van der Waals surface area contributed by atoms with Crippen LogP contribution in [0.25, 0.3) is 0 Å². The molecule has 100 valence electrons. The van der Waals surface area contributed by atoms with E-state index < -0.39 is 0 Å². The van der Waals surface area contributed by atoms with Crippen LogP contribution >= 0.6 is 0 Å². The predicted octanol–water partition coefficient (Wildman–Crippen LogP) is 2.09. The van der Waals surface area contributed by atoms with Crippen LogP contribution in [0.5, 0.6) is 0 Å². The number of amides is 2. The molecule has 3 N–H and O–H groups in total. The van der Waals surface area contributed by atoms with Crippen molar-refractivity contribution in [3.05, 3.63) is 0 Å². The Bertz CT molecular complexity index is 181. The molecule has 4 nitrogen and oxygen atoms in total. The Hall–Kier alpha value is -0.770. The van der Waals surface area contributed by atoms with Crippen LogP contribution in [0.4, 0.5) is 4.79 Å². The molecule has 0 bridgehead atoms. The number of rotatable bonds is 0. The molecule has 4 heteroatoms. The van der Waals surface area contributed by atoms with Gasteiger partial charge < -0.3 is 16.0 Å². The van der Waals surface area contributed by atoms with E-state index in [1.54, 1.807) is 4.90 Å². The maximum Gasteiger partial charge on any atom is 0.314 e. The van der Waals surface area contributed by atoms with Crippen molar-refractivity contribution >= 4 is 6.03 Å². The molecule has 0 aromatic carbocycles. The van der Waals surface area contributed by atoms with Gasteiger partial charge in [-0.3, -0.25) is 0 Å². The van der Waals surface area contributed by atoms with Crippen molar-refractivity contribution in [2.75, 3.05) is 26.2 Å². The molecule has 2 rings (SSSR count). The molecule has 0 unspecified atom stereocenters. The predicted molar refractivity (Wildman–Crippen MR) is 71.0 cm³/mol. The number of nitrogens with zero attached hydrogens (tertiary/aromatic N) is 1. The molecule has 17 heavy (non-hydrogen) atoms. The minimum Gasteiger partial charge on any atom is -0.351 e. The van der Waals surface area contributed by atoms with Crippen molar-refractivity contribution in [2.24, 2.45) is 5.73 Å². The molecule has 2 fully saturated rings. The van der Waals surface area contributed by atoms with Crippen molar-refractivity contribution in [1.82, 2.24) is 10.2 Å². The topological polar surface area (TPSA) is 58.4 Å². The van der Waals surface area contributed by atoms with E-state index in [4.69, 9.17) is 5.73 Å². The number of primary amides is 1. The fraction of sp³-hybridized carbons (Fsp3) is 0.923. The molecule has 2 heterocycles. The van der Waals surface area contributed by atoms with Gasteiger partial charge in [0.25, 0.3) is 0 Å². The summed E-state index contributed by atoms with van der Waals surface area (Å²) < 4.78 is 0. The summed E-state index contributed by atoms with van der Waals surface area (Å²) in [4.78, 5) is 12.4. The number of nitrogens with one attached hydrogen (secondary N) is 1. The molecule has 0 aromatic heterocycles. The third kappa shape index (κ3) is 7.21. The lowest BCUT2D eigenvalue weighted by atomic mass is 10.2. The molecular weight excluding hydrogens is 214 g/mol. The van der Waals surface area contributed by atoms with Gasteiger partial charge in [0.15, 0.2) is 0 Å². The molecule has 0 aromatic rings. The van der Waals surface area contributed by atoms with E-state index in [1.165, 1.54) is 51.6 Å². The maximum atomic E-state index is 10.7. The van der Waals surface area contributed by atoms with Crippen LogP contribution in [0.15, 0.2) is 0 Å². The standard InChI is InChI=1S/C7H14N2O.C6H13N/c8-7(10)9-5-3-1-2-4-6-9;1-2-4-6-7-5-3-1/h1-6H2,(H2,8,10);7H,1-6H2. The van der Waals surface area contributed by atoms with Gasteiger partial charge in [-0.1, -0.05) is 25.7 Å². The summed E-state index contributed by atoms with van der Waals surface area (Å²) in [5, 5.41) is 3.35. The van der Waals surface area contributed by atoms with Gasteiger partial charge in [0.2, 0.25) is 0 Å². The first-order valence-electron chi connectivity index (χ1n) is 7.06. The van der Waals surface area contributed by atoms with Gasteiger partial charge in [-0.05, 0) is 38.8 Å². The van der Waals surface area contributed by atoms with Crippen LogP contribution in [-0.4, -0.2) is 37.1 Å². The summed E-state index contributed by atoms with van der Waals surface area (Å²) in [6.07, 6.45) is 10.4. The molecule has 0 radical (unpaired) electrons. The maximum absolute atomic E-state index is 10.7. The monoisotopic (exact) mass is 241 g/mol. The second-order valence-corrected chi connectivity index (χ2v) is 4.90. The third-order valence-corrected chi connectivity index (χ3v) is 3.37. The second-order valence-electron chi connectivity index (χ2n) is 4.90. The molecule has 0 saturated carbocycles. The fourth-order valence-corrected chi connectivity index (χ4v) is 2.27. The van der Waals surface area contributed by atoms with E-state index in [0.29, 0.717) is 0 Å². The average molecular weight is 241 g/mol. The molecule has 0 atom stereocenters. The first kappa shape index (κ1) is 14.3. The van der Waals surface area contributed by atoms with Crippen molar-refractivity contribution in [1.29, 1.82) is 0 Å². The van der Waals surface area contributed by atoms with Gasteiger partial charge in [0.05, 0.1) is 0 Å². The second kappa shape index (κ2) is 9.28. The highest BCUT2D eigenvalue weighted by Crippen LogP contribution is 2.08. The first-order chi connectivity index (χ1) is 8.30. The van der Waals surface area contributed by atoms with E-state index in [9.17, 15) is 4.79 Å². The smallest absolute Gasteiger partial charge is 0.314 e. The fourth-order valence-electron chi connectivity index (χ4n) is 2.27. The van der Waals surface area contributed by atoms with Crippen molar-refractivity contribution in [3.8, 4) is 0 Å². The van der Waals surface area contributed by atoms with Gasteiger partial charge >= 0.3 is 6.03 Å². The molecule has 0 spiro atoms. The number of hydrogen-bond acceptors (Lipinski definition) is 2. The van der Waals surface area contributed by atoms with E-state index in [0.717, 1.165) is 25.9 Å². The zero-order chi connectivity index (χ0) is 12.3. The quantitative estimate of drug-likeness (QED) is 0.682. The normalized spacial score (nSPS) is 21.8. The number of hydrogen-bond donors (Lipinski definition) is 2. The number of carbonyl (C=O) groups is 1. The summed E-state index contributed by atoms with van der Waals surface area (Å²) in [7, 11) is 0. The highest BCUT2D eigenvalue weighted by Gasteiger charge is 2.10. The number of nitrogens with two attached hydrogens (primary N) is 1. The largest absolute Gasteiger partial charge is 0.351 e. The van der Waals surface area contributed by atoms with E-state index in [2.05, 4.69) is 5.32 Å². The van der Waals surface area contributed by atoms with Crippen LogP contribution in [0, 0.1) is 0 Å². The van der Waals surface area contributed by atoms with Crippen LogP contribution in [0.1, 0.15) is 51.4 Å². The number of carbonyl (C=O) groups excluding carboxylic acids is 1. The SMILES string of the molecule is C1CCCNCC1.NC(=O)N1CCCCCC1. The van der Waals surface area contributed by atoms with Gasteiger partial charge in [-0.15, -0.1) is 0 Å². The Morgan fingerprint density at radius 3 is 1.76 bits per heavy atom. The molecule has 2 aliphatic heterocycles. The zero-order valence-electron chi connectivity index (χ0n) is 10.9. The van der Waals surface area contributed by atoms with Gasteiger partial charge in [0, 0.05) is 13.1 Å².